The van der Waals surface area contributed by atoms with Crippen molar-refractivity contribution in [2.24, 2.45) is 0 Å². The summed E-state index contributed by atoms with van der Waals surface area (Å²) < 4.78 is 0. The Balaban J connectivity index is 2.05. The number of aryl methyl sites for hydroxylation is 1. The van der Waals surface area contributed by atoms with Crippen molar-refractivity contribution in [2.75, 3.05) is 11.5 Å². The van der Waals surface area contributed by atoms with Gasteiger partial charge in [-0.1, -0.05) is 38.5 Å². The third-order valence-electron chi connectivity index (χ3n) is 5.72. The molecule has 2 heteroatoms. The van der Waals surface area contributed by atoms with Gasteiger partial charge in [0.05, 0.1) is 11.4 Å². The molecule has 2 aliphatic carbocycles. The highest BCUT2D eigenvalue weighted by Gasteiger charge is 2.28. The van der Waals surface area contributed by atoms with Crippen LogP contribution in [-0.4, -0.2) is 0 Å². The molecular weight excluding hydrogens is 256 g/mol. The summed E-state index contributed by atoms with van der Waals surface area (Å²) in [6.45, 7) is 2.24. The van der Waals surface area contributed by atoms with E-state index in [1.807, 2.05) is 0 Å². The fourth-order valence-corrected chi connectivity index (χ4v) is 4.67. The number of nitrogen functional groups attached to an aromatic ring is 2. The van der Waals surface area contributed by atoms with Crippen molar-refractivity contribution >= 4 is 11.4 Å². The van der Waals surface area contributed by atoms with Crippen LogP contribution in [0.25, 0.3) is 0 Å². The lowest BCUT2D eigenvalue weighted by molar-refractivity contribution is 0.418. The Morgan fingerprint density at radius 1 is 0.762 bits per heavy atom. The van der Waals surface area contributed by atoms with Crippen LogP contribution in [0.4, 0.5) is 11.4 Å². The number of hydrogen-bond acceptors (Lipinski definition) is 2. The molecule has 1 aromatic carbocycles. The van der Waals surface area contributed by atoms with Crippen molar-refractivity contribution in [3.05, 3.63) is 22.8 Å². The van der Waals surface area contributed by atoms with Crippen molar-refractivity contribution in [3.8, 4) is 0 Å². The standard InChI is InChI=1S/C19H30N2/c1-13-12-16(20)19(21)18(15-10-6-3-7-11-15)17(13)14-8-4-2-5-9-14/h12,14-15H,2-11,20-21H2,1H3. The first-order chi connectivity index (χ1) is 10.2. The van der Waals surface area contributed by atoms with Gasteiger partial charge in [-0.15, -0.1) is 0 Å². The first-order valence-electron chi connectivity index (χ1n) is 8.87. The summed E-state index contributed by atoms with van der Waals surface area (Å²) in [6, 6.07) is 2.12. The monoisotopic (exact) mass is 286 g/mol. The summed E-state index contributed by atoms with van der Waals surface area (Å²) in [5, 5.41) is 0. The van der Waals surface area contributed by atoms with Crippen molar-refractivity contribution in [2.45, 2.75) is 83.0 Å². The molecule has 0 spiro atoms. The van der Waals surface area contributed by atoms with E-state index >= 15 is 0 Å². The van der Waals surface area contributed by atoms with Crippen molar-refractivity contribution in [1.29, 1.82) is 0 Å². The van der Waals surface area contributed by atoms with Crippen LogP contribution in [0.15, 0.2) is 6.07 Å². The Hall–Kier alpha value is -1.18. The molecule has 0 unspecified atom stereocenters. The lowest BCUT2D eigenvalue weighted by Gasteiger charge is -2.32. The summed E-state index contributed by atoms with van der Waals surface area (Å²) in [7, 11) is 0. The van der Waals surface area contributed by atoms with Crippen LogP contribution in [0.2, 0.25) is 0 Å². The minimum atomic E-state index is 0.651. The van der Waals surface area contributed by atoms with E-state index in [-0.39, 0.29) is 0 Å². The quantitative estimate of drug-likeness (QED) is 0.729. The molecule has 0 amide bonds. The van der Waals surface area contributed by atoms with Gasteiger partial charge in [0.25, 0.3) is 0 Å². The lowest BCUT2D eigenvalue weighted by atomic mass is 9.73. The third-order valence-corrected chi connectivity index (χ3v) is 5.72. The van der Waals surface area contributed by atoms with Crippen LogP contribution in [0.1, 0.15) is 92.7 Å². The van der Waals surface area contributed by atoms with E-state index in [0.29, 0.717) is 5.92 Å². The highest BCUT2D eigenvalue weighted by atomic mass is 14.7. The average molecular weight is 286 g/mol. The Bertz CT molecular complexity index is 495. The summed E-state index contributed by atoms with van der Waals surface area (Å²) in [5.41, 5.74) is 18.8. The molecule has 0 saturated heterocycles. The molecule has 116 valence electrons. The maximum Gasteiger partial charge on any atom is 0.0586 e. The Kier molecular flexibility index (Phi) is 4.42. The predicted molar refractivity (Wildman–Crippen MR) is 91.7 cm³/mol. The molecule has 2 saturated carbocycles. The van der Waals surface area contributed by atoms with E-state index in [2.05, 4.69) is 13.0 Å². The van der Waals surface area contributed by atoms with Gasteiger partial charge in [0, 0.05) is 0 Å². The third kappa shape index (κ3) is 2.90. The minimum absolute atomic E-state index is 0.651. The highest BCUT2D eigenvalue weighted by molar-refractivity contribution is 5.72. The van der Waals surface area contributed by atoms with E-state index in [9.17, 15) is 0 Å². The lowest BCUT2D eigenvalue weighted by Crippen LogP contribution is -2.17. The molecule has 2 aliphatic rings. The van der Waals surface area contributed by atoms with Crippen molar-refractivity contribution in [1.82, 2.24) is 0 Å². The Morgan fingerprint density at radius 3 is 1.76 bits per heavy atom. The van der Waals surface area contributed by atoms with Gasteiger partial charge < -0.3 is 11.5 Å². The van der Waals surface area contributed by atoms with Gasteiger partial charge in [0.1, 0.15) is 0 Å². The topological polar surface area (TPSA) is 52.0 Å². The van der Waals surface area contributed by atoms with Crippen molar-refractivity contribution in [3.63, 3.8) is 0 Å². The van der Waals surface area contributed by atoms with Crippen molar-refractivity contribution < 1.29 is 0 Å². The summed E-state index contributed by atoms with van der Waals surface area (Å²) in [5.74, 6) is 1.37. The molecule has 21 heavy (non-hydrogen) atoms. The van der Waals surface area contributed by atoms with Gasteiger partial charge in [-0.05, 0) is 67.2 Å². The summed E-state index contributed by atoms with van der Waals surface area (Å²) in [6.07, 6.45) is 13.5. The zero-order valence-corrected chi connectivity index (χ0v) is 13.5. The van der Waals surface area contributed by atoms with Gasteiger partial charge in [-0.2, -0.15) is 0 Å². The first kappa shape index (κ1) is 14.7. The number of hydrogen-bond donors (Lipinski definition) is 2. The second kappa shape index (κ2) is 6.29. The maximum absolute atomic E-state index is 6.46. The zero-order valence-electron chi connectivity index (χ0n) is 13.5. The van der Waals surface area contributed by atoms with E-state index in [1.165, 1.54) is 75.3 Å². The van der Waals surface area contributed by atoms with E-state index < -0.39 is 0 Å². The van der Waals surface area contributed by atoms with E-state index in [0.717, 1.165) is 17.3 Å². The molecule has 0 aromatic heterocycles. The normalized spacial score (nSPS) is 21.6. The zero-order chi connectivity index (χ0) is 14.8. The second-order valence-corrected chi connectivity index (χ2v) is 7.19. The molecule has 0 bridgehead atoms. The molecule has 0 atom stereocenters. The number of rotatable bonds is 2. The summed E-state index contributed by atoms with van der Waals surface area (Å²) >= 11 is 0. The molecule has 0 radical (unpaired) electrons. The van der Waals surface area contributed by atoms with Crippen LogP contribution >= 0.6 is 0 Å². The largest absolute Gasteiger partial charge is 0.397 e. The van der Waals surface area contributed by atoms with Crippen LogP contribution in [0, 0.1) is 6.92 Å². The first-order valence-corrected chi connectivity index (χ1v) is 8.87. The van der Waals surface area contributed by atoms with Gasteiger partial charge >= 0.3 is 0 Å². The molecular formula is C19H30N2. The highest BCUT2D eigenvalue weighted by Crippen LogP contribution is 2.46. The predicted octanol–water partition coefficient (Wildman–Crippen LogP) is 5.25. The summed E-state index contributed by atoms with van der Waals surface area (Å²) in [4.78, 5) is 0. The molecule has 4 N–H and O–H groups in total. The molecule has 0 heterocycles. The van der Waals surface area contributed by atoms with Crippen LogP contribution in [0.5, 0.6) is 0 Å². The number of benzene rings is 1. The fourth-order valence-electron chi connectivity index (χ4n) is 4.67. The Morgan fingerprint density at radius 2 is 1.24 bits per heavy atom. The van der Waals surface area contributed by atoms with Gasteiger partial charge in [0.2, 0.25) is 0 Å². The number of nitrogens with two attached hydrogens (primary N) is 2. The van der Waals surface area contributed by atoms with E-state index in [4.69, 9.17) is 11.5 Å². The second-order valence-electron chi connectivity index (χ2n) is 7.19. The molecule has 2 nitrogen and oxygen atoms in total. The smallest absolute Gasteiger partial charge is 0.0586 e. The molecule has 1 aromatic rings. The minimum Gasteiger partial charge on any atom is -0.397 e. The van der Waals surface area contributed by atoms with E-state index in [1.54, 1.807) is 5.56 Å². The Labute approximate surface area is 129 Å². The maximum atomic E-state index is 6.46. The van der Waals surface area contributed by atoms with Gasteiger partial charge in [-0.3, -0.25) is 0 Å². The SMILES string of the molecule is Cc1cc(N)c(N)c(C2CCCCC2)c1C1CCCCC1. The van der Waals surface area contributed by atoms with Gasteiger partial charge in [0.15, 0.2) is 0 Å². The van der Waals surface area contributed by atoms with Crippen LogP contribution in [0.3, 0.4) is 0 Å². The van der Waals surface area contributed by atoms with Gasteiger partial charge in [-0.25, -0.2) is 0 Å². The fraction of sp³-hybridized carbons (Fsp3) is 0.684. The number of anilines is 2. The molecule has 0 aliphatic heterocycles. The van der Waals surface area contributed by atoms with Crippen LogP contribution in [-0.2, 0) is 0 Å². The molecule has 3 rings (SSSR count). The average Bonchev–Trinajstić information content (AvgIpc) is 2.52. The van der Waals surface area contributed by atoms with Crippen LogP contribution < -0.4 is 11.5 Å². The molecule has 2 fully saturated rings.